The van der Waals surface area contributed by atoms with Crippen LogP contribution in [0.15, 0.2) is 16.8 Å². The highest BCUT2D eigenvalue weighted by molar-refractivity contribution is 7.07. The standard InChI is InChI=1S/C16H26N2S/c1-3-15-10-17-16(2,14-4-5-14)12-18(15)8-6-13-7-9-19-11-13/h7,9,11,14-15,17H,3-6,8,10,12H2,1-2H3. The topological polar surface area (TPSA) is 15.3 Å². The second kappa shape index (κ2) is 5.55. The highest BCUT2D eigenvalue weighted by Gasteiger charge is 2.45. The Bertz CT molecular complexity index is 399. The third kappa shape index (κ3) is 3.04. The number of thiophene rings is 1. The van der Waals surface area contributed by atoms with Crippen molar-refractivity contribution in [2.24, 2.45) is 5.92 Å². The minimum Gasteiger partial charge on any atom is -0.308 e. The number of nitrogens with one attached hydrogen (secondary N) is 1. The summed E-state index contributed by atoms with van der Waals surface area (Å²) in [6.07, 6.45) is 5.33. The van der Waals surface area contributed by atoms with E-state index in [-0.39, 0.29) is 0 Å². The van der Waals surface area contributed by atoms with Gasteiger partial charge < -0.3 is 5.32 Å². The molecule has 2 atom stereocenters. The molecule has 1 saturated heterocycles. The molecule has 2 heterocycles. The Morgan fingerprint density at radius 3 is 2.95 bits per heavy atom. The molecule has 1 aliphatic carbocycles. The number of nitrogens with zero attached hydrogens (tertiary/aromatic N) is 1. The molecule has 3 rings (SSSR count). The van der Waals surface area contributed by atoms with Crippen molar-refractivity contribution in [2.75, 3.05) is 19.6 Å². The van der Waals surface area contributed by atoms with Gasteiger partial charge in [-0.05, 0) is 60.9 Å². The summed E-state index contributed by atoms with van der Waals surface area (Å²) in [4.78, 5) is 2.74. The minimum absolute atomic E-state index is 0.375. The first-order chi connectivity index (χ1) is 9.21. The van der Waals surface area contributed by atoms with Crippen LogP contribution in [0.2, 0.25) is 0 Å². The maximum atomic E-state index is 3.84. The van der Waals surface area contributed by atoms with E-state index >= 15 is 0 Å². The van der Waals surface area contributed by atoms with Gasteiger partial charge >= 0.3 is 0 Å². The summed E-state index contributed by atoms with van der Waals surface area (Å²) in [5.41, 5.74) is 1.88. The molecule has 0 amide bonds. The predicted molar refractivity (Wildman–Crippen MR) is 82.8 cm³/mol. The number of rotatable bonds is 5. The molecule has 106 valence electrons. The molecule has 1 aromatic rings. The summed E-state index contributed by atoms with van der Waals surface area (Å²) in [7, 11) is 0. The van der Waals surface area contributed by atoms with Gasteiger partial charge in [-0.1, -0.05) is 6.92 Å². The van der Waals surface area contributed by atoms with Crippen LogP contribution in [0.25, 0.3) is 0 Å². The average Bonchev–Trinajstić information content (AvgIpc) is 3.15. The van der Waals surface area contributed by atoms with Gasteiger partial charge in [0.25, 0.3) is 0 Å². The van der Waals surface area contributed by atoms with Crippen molar-refractivity contribution >= 4 is 11.3 Å². The SMILES string of the molecule is CCC1CNC(C)(C2CC2)CN1CCc1ccsc1. The maximum Gasteiger partial charge on any atom is 0.0309 e. The maximum absolute atomic E-state index is 3.84. The molecule has 19 heavy (non-hydrogen) atoms. The van der Waals surface area contributed by atoms with Crippen molar-refractivity contribution in [3.63, 3.8) is 0 Å². The first-order valence-corrected chi connectivity index (χ1v) is 8.65. The lowest BCUT2D eigenvalue weighted by Crippen LogP contribution is -2.64. The summed E-state index contributed by atoms with van der Waals surface area (Å²) < 4.78 is 0. The minimum atomic E-state index is 0.375. The van der Waals surface area contributed by atoms with Crippen LogP contribution in [0.1, 0.15) is 38.7 Å². The summed E-state index contributed by atoms with van der Waals surface area (Å²) in [5.74, 6) is 0.925. The predicted octanol–water partition coefficient (Wildman–Crippen LogP) is 3.14. The number of hydrogen-bond acceptors (Lipinski definition) is 3. The first-order valence-electron chi connectivity index (χ1n) is 7.71. The molecular weight excluding hydrogens is 252 g/mol. The van der Waals surface area contributed by atoms with Gasteiger partial charge in [-0.2, -0.15) is 11.3 Å². The Hall–Kier alpha value is -0.380. The van der Waals surface area contributed by atoms with Gasteiger partial charge in [0, 0.05) is 31.2 Å². The highest BCUT2D eigenvalue weighted by Crippen LogP contribution is 2.41. The molecule has 0 radical (unpaired) electrons. The van der Waals surface area contributed by atoms with Crippen LogP contribution in [-0.2, 0) is 6.42 Å². The Morgan fingerprint density at radius 2 is 2.32 bits per heavy atom. The van der Waals surface area contributed by atoms with Gasteiger partial charge in [-0.3, -0.25) is 4.90 Å². The van der Waals surface area contributed by atoms with Crippen molar-refractivity contribution in [3.8, 4) is 0 Å². The fourth-order valence-electron chi connectivity index (χ4n) is 3.45. The van der Waals surface area contributed by atoms with Gasteiger partial charge in [0.15, 0.2) is 0 Å². The van der Waals surface area contributed by atoms with Crippen LogP contribution in [-0.4, -0.2) is 36.1 Å². The van der Waals surface area contributed by atoms with Crippen LogP contribution < -0.4 is 5.32 Å². The molecule has 0 spiro atoms. The molecule has 1 aliphatic heterocycles. The Morgan fingerprint density at radius 1 is 1.47 bits per heavy atom. The Balaban J connectivity index is 1.61. The molecule has 1 aromatic heterocycles. The van der Waals surface area contributed by atoms with Gasteiger partial charge in [0.2, 0.25) is 0 Å². The van der Waals surface area contributed by atoms with Gasteiger partial charge in [-0.15, -0.1) is 0 Å². The lowest BCUT2D eigenvalue weighted by Gasteiger charge is -2.46. The second-order valence-corrected chi connectivity index (χ2v) is 7.27. The summed E-state index contributed by atoms with van der Waals surface area (Å²) in [6.45, 7) is 8.39. The van der Waals surface area contributed by atoms with E-state index < -0.39 is 0 Å². The van der Waals surface area contributed by atoms with E-state index in [1.54, 1.807) is 0 Å². The zero-order valence-electron chi connectivity index (χ0n) is 12.2. The van der Waals surface area contributed by atoms with Crippen LogP contribution >= 0.6 is 11.3 Å². The largest absolute Gasteiger partial charge is 0.308 e. The zero-order chi connectivity index (χ0) is 13.3. The summed E-state index contributed by atoms with van der Waals surface area (Å²) in [5, 5.41) is 8.33. The number of piperazine rings is 1. The van der Waals surface area contributed by atoms with Crippen LogP contribution in [0.5, 0.6) is 0 Å². The lowest BCUT2D eigenvalue weighted by molar-refractivity contribution is 0.0740. The molecular formula is C16H26N2S. The van der Waals surface area contributed by atoms with Crippen molar-refractivity contribution < 1.29 is 0 Å². The smallest absolute Gasteiger partial charge is 0.0309 e. The molecule has 2 aliphatic rings. The third-order valence-electron chi connectivity index (χ3n) is 5.01. The molecule has 0 bridgehead atoms. The normalized spacial score (nSPS) is 32.6. The number of hydrogen-bond donors (Lipinski definition) is 1. The molecule has 3 heteroatoms. The quantitative estimate of drug-likeness (QED) is 0.890. The van der Waals surface area contributed by atoms with E-state index in [1.807, 2.05) is 11.3 Å². The van der Waals surface area contributed by atoms with E-state index in [4.69, 9.17) is 0 Å². The fraction of sp³-hybridized carbons (Fsp3) is 0.750. The second-order valence-electron chi connectivity index (χ2n) is 6.49. The van der Waals surface area contributed by atoms with Crippen molar-refractivity contribution in [1.82, 2.24) is 10.2 Å². The van der Waals surface area contributed by atoms with E-state index in [0.29, 0.717) is 5.54 Å². The van der Waals surface area contributed by atoms with Gasteiger partial charge in [0.1, 0.15) is 0 Å². The van der Waals surface area contributed by atoms with Crippen LogP contribution in [0.3, 0.4) is 0 Å². The summed E-state index contributed by atoms with van der Waals surface area (Å²) >= 11 is 1.82. The van der Waals surface area contributed by atoms with E-state index in [2.05, 4.69) is 40.9 Å². The zero-order valence-corrected chi connectivity index (χ0v) is 13.0. The van der Waals surface area contributed by atoms with Crippen molar-refractivity contribution in [1.29, 1.82) is 0 Å². The first kappa shape index (κ1) is 13.6. The summed E-state index contributed by atoms with van der Waals surface area (Å²) in [6, 6.07) is 3.00. The molecule has 2 unspecified atom stereocenters. The highest BCUT2D eigenvalue weighted by atomic mass is 32.1. The Kier molecular flexibility index (Phi) is 3.97. The van der Waals surface area contributed by atoms with Crippen molar-refractivity contribution in [2.45, 2.75) is 51.1 Å². The van der Waals surface area contributed by atoms with Crippen LogP contribution in [0.4, 0.5) is 0 Å². The molecule has 1 N–H and O–H groups in total. The average molecular weight is 278 g/mol. The van der Waals surface area contributed by atoms with E-state index in [1.165, 1.54) is 50.9 Å². The fourth-order valence-corrected chi connectivity index (χ4v) is 4.16. The Labute approximate surface area is 121 Å². The molecule has 0 aromatic carbocycles. The van der Waals surface area contributed by atoms with E-state index in [0.717, 1.165) is 12.0 Å². The van der Waals surface area contributed by atoms with E-state index in [9.17, 15) is 0 Å². The van der Waals surface area contributed by atoms with Gasteiger partial charge in [-0.25, -0.2) is 0 Å². The monoisotopic (exact) mass is 278 g/mol. The van der Waals surface area contributed by atoms with Gasteiger partial charge in [0.05, 0.1) is 0 Å². The molecule has 1 saturated carbocycles. The van der Waals surface area contributed by atoms with Crippen LogP contribution in [0, 0.1) is 5.92 Å². The lowest BCUT2D eigenvalue weighted by atomic mass is 9.90. The third-order valence-corrected chi connectivity index (χ3v) is 5.74. The molecule has 2 nitrogen and oxygen atoms in total. The van der Waals surface area contributed by atoms with Crippen molar-refractivity contribution in [3.05, 3.63) is 22.4 Å². The molecule has 2 fully saturated rings.